The highest BCUT2D eigenvalue weighted by atomic mass is 32.2. The maximum atomic E-state index is 15.8. The first-order valence-electron chi connectivity index (χ1n) is 14.4. The van der Waals surface area contributed by atoms with Crippen molar-refractivity contribution < 1.29 is 22.3 Å². The summed E-state index contributed by atoms with van der Waals surface area (Å²) in [5.41, 5.74) is 0.155. The van der Waals surface area contributed by atoms with Crippen LogP contribution in [0.2, 0.25) is 0 Å². The molecule has 234 valence electrons. The molecule has 1 aromatic carbocycles. The maximum absolute atomic E-state index is 15.8. The van der Waals surface area contributed by atoms with Crippen LogP contribution in [0.3, 0.4) is 0 Å². The highest BCUT2D eigenvalue weighted by Crippen LogP contribution is 2.42. The predicted molar refractivity (Wildman–Crippen MR) is 169 cm³/mol. The van der Waals surface area contributed by atoms with E-state index < -0.39 is 21.4 Å². The molecule has 13 heteroatoms. The van der Waals surface area contributed by atoms with Crippen LogP contribution in [-0.2, 0) is 20.2 Å². The molecular weight excluding hydrogens is 592 g/mol. The van der Waals surface area contributed by atoms with Gasteiger partial charge in [0.2, 0.25) is 16.0 Å². The zero-order chi connectivity index (χ0) is 31.6. The highest BCUT2D eigenvalue weighted by molar-refractivity contribution is 7.92. The number of thiazole rings is 1. The topological polar surface area (TPSA) is 126 Å². The van der Waals surface area contributed by atoms with E-state index in [-0.39, 0.29) is 34.4 Å². The number of hydrogen-bond acceptors (Lipinski definition) is 9. The van der Waals surface area contributed by atoms with Crippen molar-refractivity contribution in [2.45, 2.75) is 72.3 Å². The Morgan fingerprint density at radius 2 is 1.91 bits per heavy atom. The van der Waals surface area contributed by atoms with E-state index in [1.807, 2.05) is 41.5 Å². The van der Waals surface area contributed by atoms with E-state index in [1.54, 1.807) is 36.2 Å². The molecule has 3 heterocycles. The van der Waals surface area contributed by atoms with Crippen molar-refractivity contribution in [3.05, 3.63) is 41.3 Å². The molecule has 4 rings (SSSR count). The number of likely N-dealkylation sites (tertiary alicyclic amines) is 1. The number of nitrogens with one attached hydrogen (secondary N) is 2. The Bertz CT molecular complexity index is 1560. The van der Waals surface area contributed by atoms with Crippen LogP contribution in [-0.4, -0.2) is 65.4 Å². The van der Waals surface area contributed by atoms with E-state index >= 15 is 4.39 Å². The van der Waals surface area contributed by atoms with Crippen LogP contribution in [0.4, 0.5) is 20.8 Å². The minimum Gasteiger partial charge on any atom is -0.444 e. The Labute approximate surface area is 257 Å². The molecule has 1 saturated heterocycles. The van der Waals surface area contributed by atoms with Crippen LogP contribution in [0.15, 0.2) is 30.5 Å². The van der Waals surface area contributed by atoms with Gasteiger partial charge in [-0.25, -0.2) is 32.6 Å². The Balaban J connectivity index is 1.59. The van der Waals surface area contributed by atoms with Crippen LogP contribution in [0, 0.1) is 11.7 Å². The Morgan fingerprint density at radius 1 is 1.16 bits per heavy atom. The van der Waals surface area contributed by atoms with Gasteiger partial charge in [0.1, 0.15) is 5.60 Å². The van der Waals surface area contributed by atoms with Gasteiger partial charge in [-0.15, -0.1) is 11.3 Å². The van der Waals surface area contributed by atoms with Gasteiger partial charge in [0.15, 0.2) is 5.82 Å². The van der Waals surface area contributed by atoms with Crippen molar-refractivity contribution in [1.29, 1.82) is 0 Å². The van der Waals surface area contributed by atoms with Crippen molar-refractivity contribution in [1.82, 2.24) is 19.9 Å². The van der Waals surface area contributed by atoms with Crippen molar-refractivity contribution in [3.8, 4) is 21.8 Å². The fourth-order valence-electron chi connectivity index (χ4n) is 4.58. The van der Waals surface area contributed by atoms with Crippen LogP contribution in [0.25, 0.3) is 21.8 Å². The molecule has 1 atom stereocenters. The van der Waals surface area contributed by atoms with Crippen molar-refractivity contribution in [3.63, 3.8) is 0 Å². The third-order valence-electron chi connectivity index (χ3n) is 6.64. The Kier molecular flexibility index (Phi) is 9.65. The summed E-state index contributed by atoms with van der Waals surface area (Å²) in [6.45, 7) is 15.2. The lowest BCUT2D eigenvalue weighted by molar-refractivity contribution is 0.0289. The summed E-state index contributed by atoms with van der Waals surface area (Å²) in [6.07, 6.45) is 2.57. The van der Waals surface area contributed by atoms with E-state index in [9.17, 15) is 13.2 Å². The number of halogens is 1. The number of aromatic nitrogens is 3. The molecule has 2 aromatic heterocycles. The summed E-state index contributed by atoms with van der Waals surface area (Å²) < 4.78 is 48.5. The number of carbonyl (C=O) groups excluding carboxylic acids is 1. The van der Waals surface area contributed by atoms with Crippen molar-refractivity contribution >= 4 is 39.1 Å². The molecule has 10 nitrogen and oxygen atoms in total. The number of carbonyl (C=O) groups is 1. The third-order valence-corrected chi connectivity index (χ3v) is 9.62. The van der Waals surface area contributed by atoms with Gasteiger partial charge in [-0.2, -0.15) is 0 Å². The molecule has 0 spiro atoms. The first-order valence-corrected chi connectivity index (χ1v) is 16.9. The largest absolute Gasteiger partial charge is 0.444 e. The van der Waals surface area contributed by atoms with Gasteiger partial charge in [-0.3, -0.25) is 4.72 Å². The number of benzene rings is 1. The smallest absolute Gasteiger partial charge is 0.410 e. The molecule has 1 aliphatic heterocycles. The summed E-state index contributed by atoms with van der Waals surface area (Å²) in [5.74, 6) is -0.188. The maximum Gasteiger partial charge on any atom is 0.410 e. The van der Waals surface area contributed by atoms with Gasteiger partial charge in [-0.1, -0.05) is 33.8 Å². The molecule has 0 unspecified atom stereocenters. The summed E-state index contributed by atoms with van der Waals surface area (Å²) >= 11 is 1.42. The molecule has 0 radical (unpaired) electrons. The normalized spacial score (nSPS) is 15.9. The second-order valence-corrected chi connectivity index (χ2v) is 15.6. The molecule has 0 bridgehead atoms. The van der Waals surface area contributed by atoms with E-state index in [2.05, 4.69) is 15.0 Å². The van der Waals surface area contributed by atoms with Gasteiger partial charge in [-0.05, 0) is 57.7 Å². The van der Waals surface area contributed by atoms with Gasteiger partial charge in [0.05, 0.1) is 32.7 Å². The zero-order valence-corrected chi connectivity index (χ0v) is 27.5. The number of ether oxygens (including phenoxy) is 1. The van der Waals surface area contributed by atoms with Crippen molar-refractivity contribution in [2.24, 2.45) is 5.92 Å². The molecule has 0 saturated carbocycles. The summed E-state index contributed by atoms with van der Waals surface area (Å²) in [5, 5.41) is 4.08. The van der Waals surface area contributed by atoms with E-state index in [1.165, 1.54) is 17.4 Å². The average molecular weight is 633 g/mol. The van der Waals surface area contributed by atoms with Crippen molar-refractivity contribution in [2.75, 3.05) is 35.4 Å². The standard InChI is InChI=1S/C30H41FN6O4S2/c1-8-16-43(39,40)36-21-11-9-10-20(23(21)31)24-25(42-26(35-24)29(2,3)4)22-12-14-32-27(34-22)33-17-19-13-15-37(18-19)28(38)41-30(5,6)7/h9-12,14,19,36H,8,13,15-18H2,1-7H3,(H,32,33,34)/t19-/m1/s1. The molecule has 1 fully saturated rings. The quantitative estimate of drug-likeness (QED) is 0.273. The average Bonchev–Trinajstić information content (AvgIpc) is 3.56. The number of rotatable bonds is 9. The lowest BCUT2D eigenvalue weighted by atomic mass is 9.98. The van der Waals surface area contributed by atoms with E-state index in [4.69, 9.17) is 14.7 Å². The van der Waals surface area contributed by atoms with Crippen LogP contribution in [0.5, 0.6) is 0 Å². The molecule has 0 aliphatic carbocycles. The van der Waals surface area contributed by atoms with E-state index in [0.717, 1.165) is 11.4 Å². The molecule has 1 aliphatic rings. The fourth-order valence-corrected chi connectivity index (χ4v) is 6.81. The molecule has 3 aromatic rings. The zero-order valence-electron chi connectivity index (χ0n) is 25.8. The number of anilines is 2. The van der Waals surface area contributed by atoms with Gasteiger partial charge in [0, 0.05) is 36.8 Å². The summed E-state index contributed by atoms with van der Waals surface area (Å²) in [7, 11) is -3.69. The Hall–Kier alpha value is -3.32. The first-order chi connectivity index (χ1) is 20.1. The SMILES string of the molecule is CCCS(=O)(=O)Nc1cccc(-c2nc(C(C)(C)C)sc2-c2ccnc(NC[C@H]3CCN(C(=O)OC(C)(C)C)C3)n2)c1F. The van der Waals surface area contributed by atoms with Crippen LogP contribution < -0.4 is 10.0 Å². The van der Waals surface area contributed by atoms with Crippen LogP contribution in [0.1, 0.15) is 66.3 Å². The lowest BCUT2D eigenvalue weighted by Gasteiger charge is -2.24. The molecule has 2 N–H and O–H groups in total. The Morgan fingerprint density at radius 3 is 2.58 bits per heavy atom. The lowest BCUT2D eigenvalue weighted by Crippen LogP contribution is -2.35. The summed E-state index contributed by atoms with van der Waals surface area (Å²) in [4.78, 5) is 28.7. The van der Waals surface area contributed by atoms with Crippen LogP contribution >= 0.6 is 11.3 Å². The van der Waals surface area contributed by atoms with Gasteiger partial charge >= 0.3 is 6.09 Å². The minimum atomic E-state index is -3.69. The second-order valence-electron chi connectivity index (χ2n) is 12.8. The number of nitrogens with zero attached hydrogens (tertiary/aromatic N) is 4. The number of sulfonamides is 1. The number of hydrogen-bond donors (Lipinski definition) is 2. The predicted octanol–water partition coefficient (Wildman–Crippen LogP) is 6.52. The third kappa shape index (κ3) is 8.41. The van der Waals surface area contributed by atoms with Gasteiger partial charge < -0.3 is 15.0 Å². The van der Waals surface area contributed by atoms with Gasteiger partial charge in [0.25, 0.3) is 0 Å². The molecule has 1 amide bonds. The molecular formula is C30H41FN6O4S2. The van der Waals surface area contributed by atoms with E-state index in [0.29, 0.717) is 48.3 Å². The second kappa shape index (κ2) is 12.7. The highest BCUT2D eigenvalue weighted by Gasteiger charge is 2.30. The summed E-state index contributed by atoms with van der Waals surface area (Å²) in [6, 6.07) is 6.36. The molecule has 43 heavy (non-hydrogen) atoms. The first kappa shape index (κ1) is 32.6. The number of amides is 1. The fraction of sp³-hybridized carbons (Fsp3) is 0.533. The minimum absolute atomic E-state index is 0.108. The monoisotopic (exact) mass is 632 g/mol.